The van der Waals surface area contributed by atoms with Crippen LogP contribution in [-0.4, -0.2) is 45.9 Å². The van der Waals surface area contributed by atoms with E-state index in [0.717, 1.165) is 27.9 Å². The van der Waals surface area contributed by atoms with Crippen LogP contribution in [0.5, 0.6) is 5.75 Å². The van der Waals surface area contributed by atoms with Gasteiger partial charge in [0.1, 0.15) is 5.75 Å². The molecule has 1 heterocycles. The van der Waals surface area contributed by atoms with E-state index in [9.17, 15) is 29.7 Å². The third-order valence-corrected chi connectivity index (χ3v) is 7.90. The zero-order valence-corrected chi connectivity index (χ0v) is 25.4. The highest BCUT2D eigenvalue weighted by Crippen LogP contribution is 2.30. The zero-order valence-electron chi connectivity index (χ0n) is 25.4. The van der Waals surface area contributed by atoms with Crippen LogP contribution in [0.15, 0.2) is 102 Å². The molecule has 0 aliphatic rings. The first-order valence-electron chi connectivity index (χ1n) is 15.0. The van der Waals surface area contributed by atoms with Crippen molar-refractivity contribution in [3.8, 4) is 16.9 Å². The monoisotopic (exact) mass is 620 g/mol. The van der Waals surface area contributed by atoms with Gasteiger partial charge in [-0.1, -0.05) is 60.7 Å². The van der Waals surface area contributed by atoms with Crippen LogP contribution in [0.3, 0.4) is 0 Å². The van der Waals surface area contributed by atoms with Gasteiger partial charge in [0.2, 0.25) is 11.5 Å². The van der Waals surface area contributed by atoms with E-state index in [4.69, 9.17) is 0 Å². The van der Waals surface area contributed by atoms with Crippen molar-refractivity contribution in [2.45, 2.75) is 31.9 Å². The quantitative estimate of drug-likeness (QED) is 0.103. The van der Waals surface area contributed by atoms with E-state index in [-0.39, 0.29) is 29.3 Å². The highest BCUT2D eigenvalue weighted by Gasteiger charge is 2.15. The Morgan fingerprint density at radius 1 is 0.913 bits per heavy atom. The number of aryl methyl sites for hydroxylation is 1. The Hall–Kier alpha value is -5.45. The second-order valence-corrected chi connectivity index (χ2v) is 11.1. The highest BCUT2D eigenvalue weighted by atomic mass is 16.4. The second kappa shape index (κ2) is 14.6. The lowest BCUT2D eigenvalue weighted by Crippen LogP contribution is -2.26. The van der Waals surface area contributed by atoms with Crippen LogP contribution in [0.4, 0.5) is 16.2 Å². The molecule has 2 amide bonds. The Kier molecular flexibility index (Phi) is 10.1. The Balaban J connectivity index is 1.11. The Labute approximate surface area is 266 Å². The smallest absolute Gasteiger partial charge is 0.409 e. The number of carbonyl (C=O) groups excluding carboxylic acids is 1. The summed E-state index contributed by atoms with van der Waals surface area (Å²) < 4.78 is 0. The summed E-state index contributed by atoms with van der Waals surface area (Å²) in [5.41, 5.74) is 5.44. The molecule has 0 saturated carbocycles. The average Bonchev–Trinajstić information content (AvgIpc) is 3.05. The van der Waals surface area contributed by atoms with Gasteiger partial charge < -0.3 is 30.5 Å². The number of carbonyl (C=O) groups is 2. The zero-order chi connectivity index (χ0) is 32.6. The molecule has 1 aromatic heterocycles. The lowest BCUT2D eigenvalue weighted by molar-refractivity contribution is -0.118. The third-order valence-electron chi connectivity index (χ3n) is 7.90. The number of benzene rings is 4. The van der Waals surface area contributed by atoms with Gasteiger partial charge in [-0.2, -0.15) is 0 Å². The van der Waals surface area contributed by atoms with Gasteiger partial charge in [-0.15, -0.1) is 0 Å². The molecule has 5 rings (SSSR count). The number of nitrogens with one attached hydrogen (secondary N) is 3. The number of nitrogens with zero attached hydrogens (tertiary/aromatic N) is 1. The second-order valence-electron chi connectivity index (χ2n) is 11.1. The minimum atomic E-state index is -1.13. The van der Waals surface area contributed by atoms with E-state index < -0.39 is 12.2 Å². The van der Waals surface area contributed by atoms with Crippen LogP contribution in [0.25, 0.3) is 22.0 Å². The average molecular weight is 621 g/mol. The molecule has 0 aliphatic carbocycles. The number of carboxylic acid groups (broad SMARTS) is 1. The van der Waals surface area contributed by atoms with Crippen molar-refractivity contribution in [2.75, 3.05) is 23.8 Å². The molecule has 4 aromatic carbocycles. The molecule has 0 bridgehead atoms. The molecule has 6 N–H and O–H groups in total. The number of aromatic hydroxyl groups is 1. The summed E-state index contributed by atoms with van der Waals surface area (Å²) in [4.78, 5) is 40.2. The maximum absolute atomic E-state index is 12.9. The van der Waals surface area contributed by atoms with E-state index in [1.165, 1.54) is 12.1 Å². The minimum Gasteiger partial charge on any atom is -0.506 e. The largest absolute Gasteiger partial charge is 0.506 e. The van der Waals surface area contributed by atoms with E-state index in [1.807, 2.05) is 72.8 Å². The topological polar surface area (TPSA) is 155 Å². The van der Waals surface area contributed by atoms with E-state index >= 15 is 0 Å². The number of anilines is 2. The number of amides is 2. The molecule has 1 unspecified atom stereocenters. The molecule has 0 spiro atoms. The Morgan fingerprint density at radius 2 is 1.65 bits per heavy atom. The van der Waals surface area contributed by atoms with Crippen LogP contribution in [0, 0.1) is 0 Å². The van der Waals surface area contributed by atoms with Crippen LogP contribution in [0.2, 0.25) is 0 Å². The summed E-state index contributed by atoms with van der Waals surface area (Å²) in [5, 5.41) is 36.5. The summed E-state index contributed by atoms with van der Waals surface area (Å²) >= 11 is 0. The van der Waals surface area contributed by atoms with Crippen molar-refractivity contribution >= 4 is 34.3 Å². The van der Waals surface area contributed by atoms with E-state index in [2.05, 4.69) is 15.6 Å². The van der Waals surface area contributed by atoms with Gasteiger partial charge >= 0.3 is 6.09 Å². The van der Waals surface area contributed by atoms with Gasteiger partial charge in [-0.05, 0) is 65.4 Å². The van der Waals surface area contributed by atoms with Crippen LogP contribution in [-0.2, 0) is 17.8 Å². The fourth-order valence-electron chi connectivity index (χ4n) is 5.44. The minimum absolute atomic E-state index is 0.0266. The number of phenolic OH excluding ortho intramolecular Hbond substituents is 1. The number of hydrogen-bond donors (Lipinski definition) is 6. The number of pyridine rings is 1. The molecular weight excluding hydrogens is 584 g/mol. The number of aromatic amines is 1. The molecular formula is C36H36N4O6. The van der Waals surface area contributed by atoms with Gasteiger partial charge in [0, 0.05) is 49.3 Å². The number of aliphatic hydroxyl groups is 1. The van der Waals surface area contributed by atoms with Crippen molar-refractivity contribution in [3.05, 3.63) is 124 Å². The van der Waals surface area contributed by atoms with Crippen molar-refractivity contribution in [2.24, 2.45) is 0 Å². The van der Waals surface area contributed by atoms with Crippen molar-refractivity contribution < 1.29 is 24.9 Å². The summed E-state index contributed by atoms with van der Waals surface area (Å²) in [6.07, 6.45) is -0.430. The number of H-pyrrole nitrogens is 1. The summed E-state index contributed by atoms with van der Waals surface area (Å²) in [5.74, 6) is -0.0839. The van der Waals surface area contributed by atoms with Gasteiger partial charge in [0.05, 0.1) is 17.3 Å². The van der Waals surface area contributed by atoms with E-state index in [1.54, 1.807) is 24.1 Å². The molecule has 0 radical (unpaired) electrons. The van der Waals surface area contributed by atoms with Crippen molar-refractivity contribution in [1.29, 1.82) is 0 Å². The fourth-order valence-corrected chi connectivity index (χ4v) is 5.44. The number of phenols is 1. The summed E-state index contributed by atoms with van der Waals surface area (Å²) in [6.45, 7) is 0.742. The predicted octanol–water partition coefficient (Wildman–Crippen LogP) is 5.80. The third kappa shape index (κ3) is 7.79. The van der Waals surface area contributed by atoms with Crippen LogP contribution < -0.4 is 21.1 Å². The van der Waals surface area contributed by atoms with Gasteiger partial charge in [0.15, 0.2) is 0 Å². The van der Waals surface area contributed by atoms with Crippen molar-refractivity contribution in [1.82, 2.24) is 10.3 Å². The molecule has 0 fully saturated rings. The Morgan fingerprint density at radius 3 is 2.39 bits per heavy atom. The molecule has 0 saturated heterocycles. The summed E-state index contributed by atoms with van der Waals surface area (Å²) in [7, 11) is 1.74. The molecule has 5 aromatic rings. The standard InChI is InChI=1S/C36H36N4O6/c1-40(34(44)9-5-6-23-12-15-27(25-7-3-2-4-8-25)30(20-23)38-36(45)46)26-13-10-24(11-14-26)21-37-22-32(42)28-16-18-31(41)35-29(28)17-19-33(43)39-35/h2-4,7-8,10-20,32,37-38,41-42H,5-6,9,21-22H2,1H3,(H,39,43)(H,45,46). The molecule has 236 valence electrons. The normalized spacial score (nSPS) is 11.7. The first-order chi connectivity index (χ1) is 22.2. The molecule has 1 atom stereocenters. The van der Waals surface area contributed by atoms with Gasteiger partial charge in [0.25, 0.3) is 0 Å². The summed E-state index contributed by atoms with van der Waals surface area (Å²) in [6, 6.07) is 28.9. The van der Waals surface area contributed by atoms with E-state index in [0.29, 0.717) is 42.4 Å². The lowest BCUT2D eigenvalue weighted by atomic mass is 9.99. The van der Waals surface area contributed by atoms with Gasteiger partial charge in [-0.3, -0.25) is 14.9 Å². The molecule has 10 nitrogen and oxygen atoms in total. The maximum Gasteiger partial charge on any atom is 0.409 e. The molecule has 0 aliphatic heterocycles. The van der Waals surface area contributed by atoms with Crippen molar-refractivity contribution in [3.63, 3.8) is 0 Å². The number of aromatic nitrogens is 1. The number of aliphatic hydroxyl groups excluding tert-OH is 1. The molecule has 46 heavy (non-hydrogen) atoms. The van der Waals surface area contributed by atoms with Crippen LogP contribution >= 0.6 is 0 Å². The number of rotatable bonds is 12. The first kappa shape index (κ1) is 32.0. The van der Waals surface area contributed by atoms with Gasteiger partial charge in [-0.25, -0.2) is 4.79 Å². The Bertz CT molecular complexity index is 1890. The SMILES string of the molecule is CN(C(=O)CCCc1ccc(-c2ccccc2)c(NC(=O)O)c1)c1ccc(CNCC(O)c2ccc(O)c3[nH]c(=O)ccc23)cc1. The van der Waals surface area contributed by atoms with Crippen LogP contribution in [0.1, 0.15) is 35.6 Å². The number of fused-ring (bicyclic) bond motifs is 1. The molecule has 10 heteroatoms. The predicted molar refractivity (Wildman–Crippen MR) is 179 cm³/mol. The fraction of sp³-hybridized carbons (Fsp3) is 0.194. The maximum atomic E-state index is 12.9. The lowest BCUT2D eigenvalue weighted by Gasteiger charge is -2.18. The number of hydrogen-bond acceptors (Lipinski definition) is 6. The highest BCUT2D eigenvalue weighted by molar-refractivity contribution is 5.93. The first-order valence-corrected chi connectivity index (χ1v) is 15.0.